The standard InChI is InChI=1S/C16H13Cl2N3O2/c1-22-12-5-2-10(3-6-12)16-20-15(23-21-16)9-19-14-8-11(17)4-7-13(14)18/h2-8,19H,9H2,1H3. The molecule has 118 valence electrons. The molecule has 0 saturated carbocycles. The van der Waals surface area contributed by atoms with Crippen LogP contribution in [0.4, 0.5) is 5.69 Å². The lowest BCUT2D eigenvalue weighted by atomic mass is 10.2. The van der Waals surface area contributed by atoms with Crippen LogP contribution in [0.1, 0.15) is 5.89 Å². The highest BCUT2D eigenvalue weighted by Crippen LogP contribution is 2.26. The number of halogens is 2. The average molecular weight is 350 g/mol. The molecule has 0 radical (unpaired) electrons. The molecule has 0 atom stereocenters. The number of ether oxygens (including phenoxy) is 1. The van der Waals surface area contributed by atoms with Crippen molar-refractivity contribution in [3.63, 3.8) is 0 Å². The van der Waals surface area contributed by atoms with Crippen LogP contribution in [-0.2, 0) is 6.54 Å². The van der Waals surface area contributed by atoms with Crippen molar-refractivity contribution < 1.29 is 9.26 Å². The maximum Gasteiger partial charge on any atom is 0.246 e. The molecule has 0 aliphatic carbocycles. The Balaban J connectivity index is 1.70. The fraction of sp³-hybridized carbons (Fsp3) is 0.125. The van der Waals surface area contributed by atoms with Crippen molar-refractivity contribution in [3.8, 4) is 17.1 Å². The molecule has 1 N–H and O–H groups in total. The van der Waals surface area contributed by atoms with Crippen LogP contribution in [0, 0.1) is 0 Å². The van der Waals surface area contributed by atoms with Crippen LogP contribution < -0.4 is 10.1 Å². The van der Waals surface area contributed by atoms with Gasteiger partial charge < -0.3 is 14.6 Å². The molecular formula is C16H13Cl2N3O2. The third kappa shape index (κ3) is 3.75. The number of methoxy groups -OCH3 is 1. The zero-order valence-electron chi connectivity index (χ0n) is 12.2. The zero-order valence-corrected chi connectivity index (χ0v) is 13.7. The Morgan fingerprint density at radius 2 is 1.91 bits per heavy atom. The van der Waals surface area contributed by atoms with Gasteiger partial charge in [0.1, 0.15) is 5.75 Å². The molecule has 0 bridgehead atoms. The molecule has 0 unspecified atom stereocenters. The molecule has 0 fully saturated rings. The van der Waals surface area contributed by atoms with E-state index in [-0.39, 0.29) is 0 Å². The number of benzene rings is 2. The smallest absolute Gasteiger partial charge is 0.246 e. The van der Waals surface area contributed by atoms with Gasteiger partial charge in [0.2, 0.25) is 11.7 Å². The second kappa shape index (κ2) is 6.89. The van der Waals surface area contributed by atoms with Gasteiger partial charge in [0.25, 0.3) is 0 Å². The minimum Gasteiger partial charge on any atom is -0.497 e. The summed E-state index contributed by atoms with van der Waals surface area (Å²) in [4.78, 5) is 4.35. The van der Waals surface area contributed by atoms with E-state index in [2.05, 4.69) is 15.5 Å². The lowest BCUT2D eigenvalue weighted by Crippen LogP contribution is -2.00. The fourth-order valence-electron chi connectivity index (χ4n) is 1.99. The molecule has 0 spiro atoms. The lowest BCUT2D eigenvalue weighted by Gasteiger charge is -2.05. The van der Waals surface area contributed by atoms with Crippen LogP contribution in [0.25, 0.3) is 11.4 Å². The Labute approximate surface area is 143 Å². The Hall–Kier alpha value is -2.24. The second-order valence-corrected chi connectivity index (χ2v) is 5.56. The van der Waals surface area contributed by atoms with Crippen LogP contribution in [0.3, 0.4) is 0 Å². The van der Waals surface area contributed by atoms with Crippen LogP contribution in [0.5, 0.6) is 5.75 Å². The number of aromatic nitrogens is 2. The van der Waals surface area contributed by atoms with Gasteiger partial charge in [-0.25, -0.2) is 0 Å². The van der Waals surface area contributed by atoms with E-state index >= 15 is 0 Å². The van der Waals surface area contributed by atoms with Gasteiger partial charge in [0.15, 0.2) is 0 Å². The summed E-state index contributed by atoms with van der Waals surface area (Å²) in [6.07, 6.45) is 0. The topological polar surface area (TPSA) is 60.2 Å². The van der Waals surface area contributed by atoms with Gasteiger partial charge in [-0.05, 0) is 42.5 Å². The van der Waals surface area contributed by atoms with Crippen molar-refractivity contribution in [2.75, 3.05) is 12.4 Å². The van der Waals surface area contributed by atoms with Gasteiger partial charge >= 0.3 is 0 Å². The Kier molecular flexibility index (Phi) is 4.69. The molecular weight excluding hydrogens is 337 g/mol. The van der Waals surface area contributed by atoms with Crippen LogP contribution in [-0.4, -0.2) is 17.3 Å². The van der Waals surface area contributed by atoms with Crippen LogP contribution in [0.15, 0.2) is 47.0 Å². The molecule has 23 heavy (non-hydrogen) atoms. The number of nitrogens with zero attached hydrogens (tertiary/aromatic N) is 2. The van der Waals surface area contributed by atoms with Gasteiger partial charge in [0.05, 0.1) is 24.4 Å². The Bertz CT molecular complexity index is 803. The van der Waals surface area contributed by atoms with Crippen molar-refractivity contribution in [1.82, 2.24) is 10.1 Å². The van der Waals surface area contributed by atoms with Gasteiger partial charge in [0, 0.05) is 10.6 Å². The van der Waals surface area contributed by atoms with Gasteiger partial charge in [-0.3, -0.25) is 0 Å². The van der Waals surface area contributed by atoms with Crippen molar-refractivity contribution in [2.45, 2.75) is 6.54 Å². The molecule has 3 rings (SSSR count). The van der Waals surface area contributed by atoms with E-state index in [0.29, 0.717) is 34.0 Å². The predicted molar refractivity (Wildman–Crippen MR) is 90.1 cm³/mol. The molecule has 0 saturated heterocycles. The minimum atomic E-state index is 0.350. The first kappa shape index (κ1) is 15.6. The minimum absolute atomic E-state index is 0.350. The highest BCUT2D eigenvalue weighted by atomic mass is 35.5. The number of nitrogens with one attached hydrogen (secondary N) is 1. The maximum absolute atomic E-state index is 6.09. The van der Waals surface area contributed by atoms with E-state index in [1.54, 1.807) is 25.3 Å². The molecule has 1 heterocycles. The van der Waals surface area contributed by atoms with Gasteiger partial charge in [-0.1, -0.05) is 28.4 Å². The van der Waals surface area contributed by atoms with Crippen molar-refractivity contribution in [3.05, 3.63) is 58.4 Å². The molecule has 1 aromatic heterocycles. The highest BCUT2D eigenvalue weighted by Gasteiger charge is 2.09. The number of hydrogen-bond donors (Lipinski definition) is 1. The third-order valence-electron chi connectivity index (χ3n) is 3.17. The highest BCUT2D eigenvalue weighted by molar-refractivity contribution is 6.35. The lowest BCUT2D eigenvalue weighted by molar-refractivity contribution is 0.384. The Morgan fingerprint density at radius 3 is 2.65 bits per heavy atom. The van der Waals surface area contributed by atoms with Gasteiger partial charge in [-0.2, -0.15) is 4.98 Å². The quantitative estimate of drug-likeness (QED) is 0.725. The summed E-state index contributed by atoms with van der Waals surface area (Å²) in [7, 11) is 1.62. The summed E-state index contributed by atoms with van der Waals surface area (Å²) < 4.78 is 10.4. The fourth-order valence-corrected chi connectivity index (χ4v) is 2.34. The van der Waals surface area contributed by atoms with E-state index in [1.807, 2.05) is 24.3 Å². The summed E-state index contributed by atoms with van der Waals surface area (Å²) >= 11 is 12.0. The number of hydrogen-bond acceptors (Lipinski definition) is 5. The first-order valence-corrected chi connectivity index (χ1v) is 7.57. The van der Waals surface area contributed by atoms with Crippen LogP contribution >= 0.6 is 23.2 Å². The summed E-state index contributed by atoms with van der Waals surface area (Å²) in [6, 6.07) is 12.6. The zero-order chi connectivity index (χ0) is 16.2. The molecule has 5 nitrogen and oxygen atoms in total. The SMILES string of the molecule is COc1ccc(-c2noc(CNc3cc(Cl)ccc3Cl)n2)cc1. The molecule has 3 aromatic rings. The van der Waals surface area contributed by atoms with E-state index in [0.717, 1.165) is 11.3 Å². The second-order valence-electron chi connectivity index (χ2n) is 4.72. The number of rotatable bonds is 5. The first-order chi connectivity index (χ1) is 11.2. The van der Waals surface area contributed by atoms with Gasteiger partial charge in [-0.15, -0.1) is 0 Å². The summed E-state index contributed by atoms with van der Waals surface area (Å²) in [5, 5.41) is 8.26. The molecule has 7 heteroatoms. The molecule has 0 aliphatic heterocycles. The van der Waals surface area contributed by atoms with Crippen molar-refractivity contribution >= 4 is 28.9 Å². The summed E-state index contributed by atoms with van der Waals surface area (Å²) in [6.45, 7) is 0.350. The predicted octanol–water partition coefficient (Wildman–Crippen LogP) is 4.66. The van der Waals surface area contributed by atoms with Crippen LogP contribution in [0.2, 0.25) is 10.0 Å². The number of anilines is 1. The van der Waals surface area contributed by atoms with Crippen molar-refractivity contribution in [1.29, 1.82) is 0 Å². The largest absolute Gasteiger partial charge is 0.497 e. The molecule has 0 aliphatic rings. The molecule has 2 aromatic carbocycles. The average Bonchev–Trinajstić information content (AvgIpc) is 3.05. The van der Waals surface area contributed by atoms with Crippen molar-refractivity contribution in [2.24, 2.45) is 0 Å². The monoisotopic (exact) mass is 349 g/mol. The van der Waals surface area contributed by atoms with E-state index < -0.39 is 0 Å². The third-order valence-corrected chi connectivity index (χ3v) is 3.74. The summed E-state index contributed by atoms with van der Waals surface area (Å²) in [5.41, 5.74) is 1.56. The normalized spacial score (nSPS) is 10.6. The van der Waals surface area contributed by atoms with E-state index in [9.17, 15) is 0 Å². The summed E-state index contributed by atoms with van der Waals surface area (Å²) in [5.74, 6) is 1.74. The van der Waals surface area contributed by atoms with E-state index in [4.69, 9.17) is 32.5 Å². The van der Waals surface area contributed by atoms with E-state index in [1.165, 1.54) is 0 Å². The first-order valence-electron chi connectivity index (χ1n) is 6.81. The molecule has 0 amide bonds. The Morgan fingerprint density at radius 1 is 1.13 bits per heavy atom. The maximum atomic E-state index is 6.09.